The van der Waals surface area contributed by atoms with Gasteiger partial charge in [0, 0.05) is 17.7 Å². The highest BCUT2D eigenvalue weighted by Gasteiger charge is 2.26. The SMILES string of the molecule is C=C(N)c1ccc(OC(C)(C)C)c(CN2C(=O)CC(C)N=C2N)c1. The molecule has 0 saturated heterocycles. The van der Waals surface area contributed by atoms with Gasteiger partial charge in [0.25, 0.3) is 0 Å². The summed E-state index contributed by atoms with van der Waals surface area (Å²) >= 11 is 0. The summed E-state index contributed by atoms with van der Waals surface area (Å²) in [5.41, 5.74) is 13.5. The van der Waals surface area contributed by atoms with Crippen LogP contribution < -0.4 is 16.2 Å². The highest BCUT2D eigenvalue weighted by molar-refractivity contribution is 5.98. The summed E-state index contributed by atoms with van der Waals surface area (Å²) in [6, 6.07) is 5.49. The van der Waals surface area contributed by atoms with Gasteiger partial charge in [0.2, 0.25) is 5.91 Å². The first kappa shape index (κ1) is 17.8. The average Bonchev–Trinajstić information content (AvgIpc) is 2.42. The lowest BCUT2D eigenvalue weighted by atomic mass is 10.1. The number of hydrogen-bond donors (Lipinski definition) is 2. The fraction of sp³-hybridized carbons (Fsp3) is 0.444. The molecular weight excluding hydrogens is 304 g/mol. The molecule has 1 heterocycles. The molecule has 1 atom stereocenters. The summed E-state index contributed by atoms with van der Waals surface area (Å²) in [5, 5.41) is 0. The summed E-state index contributed by atoms with van der Waals surface area (Å²) in [6.07, 6.45) is 0.347. The van der Waals surface area contributed by atoms with Crippen LogP contribution in [0, 0.1) is 0 Å². The fourth-order valence-corrected chi connectivity index (χ4v) is 2.50. The van der Waals surface area contributed by atoms with Gasteiger partial charge in [-0.1, -0.05) is 6.58 Å². The predicted molar refractivity (Wildman–Crippen MR) is 96.3 cm³/mol. The second kappa shape index (κ2) is 6.55. The Hall–Kier alpha value is -2.50. The monoisotopic (exact) mass is 330 g/mol. The zero-order valence-electron chi connectivity index (χ0n) is 14.8. The molecule has 6 heteroatoms. The van der Waals surface area contributed by atoms with Crippen LogP contribution in [0.4, 0.5) is 0 Å². The fourth-order valence-electron chi connectivity index (χ4n) is 2.50. The molecule has 0 spiro atoms. The van der Waals surface area contributed by atoms with Crippen molar-refractivity contribution in [2.45, 2.75) is 52.3 Å². The minimum absolute atomic E-state index is 0.0475. The number of nitrogens with two attached hydrogens (primary N) is 2. The van der Waals surface area contributed by atoms with Crippen LogP contribution in [0.25, 0.3) is 5.70 Å². The molecular formula is C18H26N4O2. The van der Waals surface area contributed by atoms with Crippen molar-refractivity contribution in [1.82, 2.24) is 4.90 Å². The molecule has 2 rings (SSSR count). The molecule has 1 unspecified atom stereocenters. The maximum atomic E-state index is 12.3. The largest absolute Gasteiger partial charge is 0.488 e. The Morgan fingerprint density at radius 3 is 2.67 bits per heavy atom. The molecule has 0 aromatic heterocycles. The number of nitrogens with zero attached hydrogens (tertiary/aromatic N) is 2. The molecule has 1 aromatic carbocycles. The van der Waals surface area contributed by atoms with Crippen LogP contribution in [0.5, 0.6) is 5.75 Å². The Bertz CT molecular complexity index is 689. The first-order valence-corrected chi connectivity index (χ1v) is 7.97. The molecule has 24 heavy (non-hydrogen) atoms. The molecule has 0 bridgehead atoms. The highest BCUT2D eigenvalue weighted by Crippen LogP contribution is 2.28. The third kappa shape index (κ3) is 4.28. The van der Waals surface area contributed by atoms with E-state index < -0.39 is 0 Å². The van der Waals surface area contributed by atoms with Gasteiger partial charge in [-0.05, 0) is 51.5 Å². The molecule has 1 amide bonds. The first-order chi connectivity index (χ1) is 11.1. The minimum atomic E-state index is -0.365. The number of guanidine groups is 1. The number of hydrogen-bond acceptors (Lipinski definition) is 5. The van der Waals surface area contributed by atoms with E-state index in [9.17, 15) is 4.79 Å². The molecule has 6 nitrogen and oxygen atoms in total. The van der Waals surface area contributed by atoms with Crippen molar-refractivity contribution in [2.75, 3.05) is 0 Å². The molecule has 1 aliphatic rings. The van der Waals surface area contributed by atoms with Gasteiger partial charge in [0.15, 0.2) is 5.96 Å². The lowest BCUT2D eigenvalue weighted by Gasteiger charge is -2.29. The van der Waals surface area contributed by atoms with Gasteiger partial charge >= 0.3 is 0 Å². The number of rotatable bonds is 4. The quantitative estimate of drug-likeness (QED) is 0.885. The maximum Gasteiger partial charge on any atom is 0.231 e. The topological polar surface area (TPSA) is 93.9 Å². The van der Waals surface area contributed by atoms with Crippen LogP contribution in [0.2, 0.25) is 0 Å². The zero-order chi connectivity index (χ0) is 18.1. The van der Waals surface area contributed by atoms with Crippen LogP contribution in [0.1, 0.15) is 45.2 Å². The van der Waals surface area contributed by atoms with E-state index in [2.05, 4.69) is 11.6 Å². The molecule has 1 aromatic rings. The van der Waals surface area contributed by atoms with Crippen molar-refractivity contribution in [1.29, 1.82) is 0 Å². The van der Waals surface area contributed by atoms with E-state index in [1.807, 2.05) is 45.9 Å². The normalized spacial score (nSPS) is 18.3. The molecule has 130 valence electrons. The number of amides is 1. The van der Waals surface area contributed by atoms with E-state index in [1.54, 1.807) is 0 Å². The van der Waals surface area contributed by atoms with E-state index in [4.69, 9.17) is 16.2 Å². The molecule has 1 aliphatic heterocycles. The van der Waals surface area contributed by atoms with E-state index in [-0.39, 0.29) is 30.1 Å². The van der Waals surface area contributed by atoms with E-state index in [0.717, 1.165) is 11.1 Å². The minimum Gasteiger partial charge on any atom is -0.488 e. The van der Waals surface area contributed by atoms with Crippen molar-refractivity contribution < 1.29 is 9.53 Å². The molecule has 4 N–H and O–H groups in total. The van der Waals surface area contributed by atoms with Gasteiger partial charge in [-0.15, -0.1) is 0 Å². The number of benzene rings is 1. The Kier molecular flexibility index (Phi) is 4.87. The molecule has 0 fully saturated rings. The summed E-state index contributed by atoms with van der Waals surface area (Å²) in [6.45, 7) is 11.8. The average molecular weight is 330 g/mol. The summed E-state index contributed by atoms with van der Waals surface area (Å²) in [5.74, 6) is 0.873. The van der Waals surface area contributed by atoms with E-state index in [0.29, 0.717) is 17.9 Å². The maximum absolute atomic E-state index is 12.3. The van der Waals surface area contributed by atoms with Gasteiger partial charge in [0.1, 0.15) is 11.4 Å². The summed E-state index contributed by atoms with van der Waals surface area (Å²) < 4.78 is 6.01. The number of ether oxygens (including phenoxy) is 1. The van der Waals surface area contributed by atoms with Crippen LogP contribution >= 0.6 is 0 Å². The van der Waals surface area contributed by atoms with Gasteiger partial charge in [-0.3, -0.25) is 9.69 Å². The molecule has 0 radical (unpaired) electrons. The van der Waals surface area contributed by atoms with Gasteiger partial charge in [-0.25, -0.2) is 4.99 Å². The van der Waals surface area contributed by atoms with Crippen molar-refractivity contribution in [3.05, 3.63) is 35.9 Å². The van der Waals surface area contributed by atoms with Gasteiger partial charge in [0.05, 0.1) is 12.6 Å². The molecule has 0 aliphatic carbocycles. The van der Waals surface area contributed by atoms with E-state index >= 15 is 0 Å². The lowest BCUT2D eigenvalue weighted by molar-refractivity contribution is -0.128. The Labute approximate surface area is 143 Å². The van der Waals surface area contributed by atoms with Crippen LogP contribution in [-0.2, 0) is 11.3 Å². The zero-order valence-corrected chi connectivity index (χ0v) is 14.8. The summed E-state index contributed by atoms with van der Waals surface area (Å²) in [4.78, 5) is 18.1. The standard InChI is InChI=1S/C18H26N4O2/c1-11-8-16(23)22(17(20)21-11)10-14-9-13(12(2)19)6-7-15(14)24-18(3,4)5/h6-7,9,11H,2,8,10,19H2,1,3-5H3,(H2,20,21). The Morgan fingerprint density at radius 1 is 1.46 bits per heavy atom. The Morgan fingerprint density at radius 2 is 2.12 bits per heavy atom. The second-order valence-electron chi connectivity index (χ2n) is 7.08. The molecule has 0 saturated carbocycles. The van der Waals surface area contributed by atoms with Crippen molar-refractivity contribution in [3.63, 3.8) is 0 Å². The lowest BCUT2D eigenvalue weighted by Crippen LogP contribution is -2.46. The third-order valence-electron chi connectivity index (χ3n) is 3.58. The van der Waals surface area contributed by atoms with Crippen LogP contribution in [0.15, 0.2) is 29.8 Å². The van der Waals surface area contributed by atoms with E-state index in [1.165, 1.54) is 4.90 Å². The van der Waals surface area contributed by atoms with Crippen molar-refractivity contribution in [3.8, 4) is 5.75 Å². The van der Waals surface area contributed by atoms with Crippen molar-refractivity contribution in [2.24, 2.45) is 16.5 Å². The van der Waals surface area contributed by atoms with Gasteiger partial charge in [-0.2, -0.15) is 0 Å². The number of aliphatic imine (C=N–C) groups is 1. The van der Waals surface area contributed by atoms with Crippen LogP contribution in [0.3, 0.4) is 0 Å². The summed E-state index contributed by atoms with van der Waals surface area (Å²) in [7, 11) is 0. The third-order valence-corrected chi connectivity index (χ3v) is 3.58. The Balaban J connectivity index is 2.39. The second-order valence-corrected chi connectivity index (χ2v) is 7.08. The highest BCUT2D eigenvalue weighted by atomic mass is 16.5. The number of carbonyl (C=O) groups excluding carboxylic acids is 1. The smallest absolute Gasteiger partial charge is 0.231 e. The predicted octanol–water partition coefficient (Wildman–Crippen LogP) is 2.23. The van der Waals surface area contributed by atoms with Crippen molar-refractivity contribution >= 4 is 17.6 Å². The van der Waals surface area contributed by atoms with Gasteiger partial charge < -0.3 is 16.2 Å². The van der Waals surface area contributed by atoms with Crippen LogP contribution in [-0.4, -0.2) is 28.4 Å². The number of carbonyl (C=O) groups is 1. The first-order valence-electron chi connectivity index (χ1n) is 7.97.